The van der Waals surface area contributed by atoms with Crippen LogP contribution in [0.4, 0.5) is 0 Å². The van der Waals surface area contributed by atoms with Crippen LogP contribution >= 0.6 is 0 Å². The van der Waals surface area contributed by atoms with Crippen molar-refractivity contribution in [3.05, 3.63) is 0 Å². The monoisotopic (exact) mass is 764 g/mol. The van der Waals surface area contributed by atoms with Crippen molar-refractivity contribution < 1.29 is 24.2 Å². The molecule has 4 unspecified atom stereocenters. The van der Waals surface area contributed by atoms with Gasteiger partial charge in [0.2, 0.25) is 0 Å². The smallest absolute Gasteiger partial charge is 0.308 e. The number of ether oxygens (including phenoxy) is 2. The quantitative estimate of drug-likeness (QED) is 0.0496. The van der Waals surface area contributed by atoms with Gasteiger partial charge in [0, 0.05) is 12.6 Å². The lowest BCUT2D eigenvalue weighted by molar-refractivity contribution is -0.150. The molecule has 0 radical (unpaired) electrons. The molecule has 0 bridgehead atoms. The molecule has 0 aromatic rings. The third kappa shape index (κ3) is 26.7. The van der Waals surface area contributed by atoms with Crippen molar-refractivity contribution in [2.45, 2.75) is 246 Å². The molecular weight excluding hydrogens is 671 g/mol. The van der Waals surface area contributed by atoms with Gasteiger partial charge in [0.1, 0.15) is 0 Å². The van der Waals surface area contributed by atoms with E-state index in [0.717, 1.165) is 109 Å². The maximum atomic E-state index is 13.3. The lowest BCUT2D eigenvalue weighted by Gasteiger charge is -2.42. The zero-order chi connectivity index (χ0) is 39.3. The number of carbonyl (C=O) groups excluding carboxylic acids is 2. The Hall–Kier alpha value is -1.14. The first-order chi connectivity index (χ1) is 26.5. The van der Waals surface area contributed by atoms with Gasteiger partial charge >= 0.3 is 11.9 Å². The summed E-state index contributed by atoms with van der Waals surface area (Å²) in [6, 6.07) is 0.497. The van der Waals surface area contributed by atoms with Gasteiger partial charge in [-0.2, -0.15) is 0 Å². The molecule has 0 saturated carbocycles. The molecule has 0 aromatic carbocycles. The Labute approximate surface area is 336 Å². The summed E-state index contributed by atoms with van der Waals surface area (Å²) in [7, 11) is 0. The number of hydrogen-bond acceptors (Lipinski definition) is 6. The number of rotatable bonds is 39. The van der Waals surface area contributed by atoms with E-state index >= 15 is 0 Å². The topological polar surface area (TPSA) is 76.1 Å². The summed E-state index contributed by atoms with van der Waals surface area (Å²) in [6.07, 6.45) is 38.2. The highest BCUT2D eigenvalue weighted by molar-refractivity contribution is 5.72. The normalized spacial score (nSPS) is 17.4. The van der Waals surface area contributed by atoms with Crippen LogP contribution in [-0.4, -0.2) is 60.9 Å². The Morgan fingerprint density at radius 2 is 0.981 bits per heavy atom. The number of nitrogens with zero attached hydrogens (tertiary/aromatic N) is 1. The zero-order valence-corrected chi connectivity index (χ0v) is 36.7. The van der Waals surface area contributed by atoms with Crippen LogP contribution in [0.2, 0.25) is 0 Å². The maximum absolute atomic E-state index is 13.3. The third-order valence-corrected chi connectivity index (χ3v) is 12.3. The van der Waals surface area contributed by atoms with E-state index in [1.54, 1.807) is 0 Å². The Bertz CT molecular complexity index is 836. The first kappa shape index (κ1) is 50.9. The number of hydrogen-bond donors (Lipinski definition) is 1. The fourth-order valence-corrected chi connectivity index (χ4v) is 8.79. The number of esters is 2. The number of piperidine rings is 1. The van der Waals surface area contributed by atoms with Gasteiger partial charge in [0.15, 0.2) is 0 Å². The van der Waals surface area contributed by atoms with Crippen LogP contribution < -0.4 is 0 Å². The minimum atomic E-state index is 0.0461. The second-order valence-electron chi connectivity index (χ2n) is 17.1. The van der Waals surface area contributed by atoms with E-state index in [1.165, 1.54) is 116 Å². The van der Waals surface area contributed by atoms with Crippen LogP contribution in [0.5, 0.6) is 0 Å². The summed E-state index contributed by atoms with van der Waals surface area (Å²) in [5.74, 6) is 0.855. The van der Waals surface area contributed by atoms with Crippen LogP contribution in [0, 0.1) is 17.8 Å². The van der Waals surface area contributed by atoms with E-state index in [4.69, 9.17) is 9.47 Å². The minimum Gasteiger partial charge on any atom is -0.465 e. The minimum absolute atomic E-state index is 0.0461. The lowest BCUT2D eigenvalue weighted by Crippen LogP contribution is -2.45. The predicted molar refractivity (Wildman–Crippen MR) is 230 cm³/mol. The molecule has 1 rings (SSSR count). The van der Waals surface area contributed by atoms with Crippen LogP contribution in [-0.2, 0) is 19.1 Å². The SMILES string of the molecule is CCCCCCCCC(CCCCCC)C(=O)OCCCCC1CCCN(CCCCO)C1CCCOC(=O)C(CCCCCC)CCCCCCCC. The number of aliphatic hydroxyl groups is 1. The molecule has 1 aliphatic rings. The summed E-state index contributed by atoms with van der Waals surface area (Å²) in [5.41, 5.74) is 0. The van der Waals surface area contributed by atoms with Crippen molar-refractivity contribution in [1.29, 1.82) is 0 Å². The van der Waals surface area contributed by atoms with Crippen LogP contribution in [0.25, 0.3) is 0 Å². The molecule has 1 aliphatic heterocycles. The molecule has 1 saturated heterocycles. The summed E-state index contributed by atoms with van der Waals surface area (Å²) >= 11 is 0. The van der Waals surface area contributed by atoms with Crippen molar-refractivity contribution >= 4 is 11.9 Å². The van der Waals surface area contributed by atoms with E-state index in [0.29, 0.717) is 25.2 Å². The van der Waals surface area contributed by atoms with Crippen LogP contribution in [0.3, 0.4) is 0 Å². The standard InChI is InChI=1S/C48H93NO5/c1-5-9-13-17-19-23-34-44(32-21-15-11-7-3)47(51)53-41-28-25-31-43-36-29-39-49(38-26-27-40-50)46(43)37-30-42-54-48(52)45(33-22-16-12-8-4)35-24-20-18-14-10-6-2/h43-46,50H,5-42H2,1-4H3. The summed E-state index contributed by atoms with van der Waals surface area (Å²) in [5, 5.41) is 9.45. The van der Waals surface area contributed by atoms with Gasteiger partial charge in [-0.25, -0.2) is 0 Å². The predicted octanol–water partition coefficient (Wildman–Crippen LogP) is 13.6. The Morgan fingerprint density at radius 3 is 1.46 bits per heavy atom. The van der Waals surface area contributed by atoms with Crippen LogP contribution in [0.15, 0.2) is 0 Å². The first-order valence-electron chi connectivity index (χ1n) is 24.2. The highest BCUT2D eigenvalue weighted by Gasteiger charge is 2.30. The van der Waals surface area contributed by atoms with Gasteiger partial charge in [-0.15, -0.1) is 0 Å². The molecule has 1 N–H and O–H groups in total. The Balaban J connectivity index is 2.63. The van der Waals surface area contributed by atoms with Crippen molar-refractivity contribution in [3.63, 3.8) is 0 Å². The highest BCUT2D eigenvalue weighted by Crippen LogP contribution is 2.32. The molecule has 0 aliphatic carbocycles. The van der Waals surface area contributed by atoms with E-state index in [2.05, 4.69) is 32.6 Å². The Morgan fingerprint density at radius 1 is 0.537 bits per heavy atom. The van der Waals surface area contributed by atoms with Crippen molar-refractivity contribution in [2.24, 2.45) is 17.8 Å². The maximum Gasteiger partial charge on any atom is 0.308 e. The summed E-state index contributed by atoms with van der Waals surface area (Å²) < 4.78 is 12.0. The fourth-order valence-electron chi connectivity index (χ4n) is 8.79. The molecule has 6 heteroatoms. The van der Waals surface area contributed by atoms with Gasteiger partial charge in [-0.1, -0.05) is 156 Å². The van der Waals surface area contributed by atoms with E-state index in [-0.39, 0.29) is 30.4 Å². The van der Waals surface area contributed by atoms with Crippen LogP contribution in [0.1, 0.15) is 240 Å². The molecule has 0 aromatic heterocycles. The number of aliphatic hydroxyl groups excluding tert-OH is 1. The highest BCUT2D eigenvalue weighted by atomic mass is 16.5. The fraction of sp³-hybridized carbons (Fsp3) is 0.958. The zero-order valence-electron chi connectivity index (χ0n) is 36.7. The van der Waals surface area contributed by atoms with Crippen molar-refractivity contribution in [2.75, 3.05) is 32.9 Å². The summed E-state index contributed by atoms with van der Waals surface area (Å²) in [6.45, 7) is 12.5. The first-order valence-corrected chi connectivity index (χ1v) is 24.2. The molecule has 4 atom stereocenters. The number of carbonyl (C=O) groups is 2. The molecule has 54 heavy (non-hydrogen) atoms. The third-order valence-electron chi connectivity index (χ3n) is 12.3. The average Bonchev–Trinajstić information content (AvgIpc) is 3.18. The molecule has 1 heterocycles. The van der Waals surface area contributed by atoms with Gasteiger partial charge in [0.25, 0.3) is 0 Å². The molecule has 320 valence electrons. The second kappa shape index (κ2) is 37.4. The molecule has 1 fully saturated rings. The van der Waals surface area contributed by atoms with Gasteiger partial charge < -0.3 is 19.5 Å². The summed E-state index contributed by atoms with van der Waals surface area (Å²) in [4.78, 5) is 29.2. The van der Waals surface area contributed by atoms with Crippen molar-refractivity contribution in [3.8, 4) is 0 Å². The Kier molecular flexibility index (Phi) is 35.3. The second-order valence-corrected chi connectivity index (χ2v) is 17.1. The van der Waals surface area contributed by atoms with E-state index < -0.39 is 0 Å². The molecule has 0 amide bonds. The van der Waals surface area contributed by atoms with Gasteiger partial charge in [-0.3, -0.25) is 9.59 Å². The van der Waals surface area contributed by atoms with Crippen molar-refractivity contribution in [1.82, 2.24) is 4.90 Å². The lowest BCUT2D eigenvalue weighted by atomic mass is 9.82. The van der Waals surface area contributed by atoms with E-state index in [9.17, 15) is 14.7 Å². The number of likely N-dealkylation sites (tertiary alicyclic amines) is 1. The van der Waals surface area contributed by atoms with Gasteiger partial charge in [-0.05, 0) is 102 Å². The molecular formula is C48H93NO5. The molecule has 0 spiro atoms. The largest absolute Gasteiger partial charge is 0.465 e. The van der Waals surface area contributed by atoms with E-state index in [1.807, 2.05) is 0 Å². The number of unbranched alkanes of at least 4 members (excludes halogenated alkanes) is 18. The van der Waals surface area contributed by atoms with Gasteiger partial charge in [0.05, 0.1) is 25.0 Å². The molecule has 6 nitrogen and oxygen atoms in total. The average molecular weight is 764 g/mol.